The molecule has 4 amide bonds. The average molecular weight is 269 g/mol. The van der Waals surface area contributed by atoms with Crippen LogP contribution < -0.4 is 10.1 Å². The monoisotopic (exact) mass is 268 g/mol. The molecule has 1 heterocycles. The van der Waals surface area contributed by atoms with Crippen molar-refractivity contribution in [3.8, 4) is 5.75 Å². The van der Waals surface area contributed by atoms with Crippen molar-refractivity contribution in [3.05, 3.63) is 28.8 Å². The Labute approximate surface area is 107 Å². The summed E-state index contributed by atoms with van der Waals surface area (Å²) in [4.78, 5) is 34.7. The lowest BCUT2D eigenvalue weighted by Gasteiger charge is -2.15. The Balaban J connectivity index is 2.32. The number of imide groups is 2. The zero-order valence-corrected chi connectivity index (χ0v) is 10.2. The maximum atomic E-state index is 11.4. The summed E-state index contributed by atoms with van der Waals surface area (Å²) in [5, 5.41) is 2.26. The molecule has 0 aliphatic carbocycles. The van der Waals surface area contributed by atoms with Gasteiger partial charge in [-0.3, -0.25) is 19.8 Å². The van der Waals surface area contributed by atoms with Crippen molar-refractivity contribution < 1.29 is 19.1 Å². The molecular formula is C11H9ClN2O4. The van der Waals surface area contributed by atoms with Crippen LogP contribution in [0.5, 0.6) is 5.75 Å². The molecule has 1 aromatic rings. The molecule has 0 atom stereocenters. The first kappa shape index (κ1) is 12.4. The third-order valence-corrected chi connectivity index (χ3v) is 2.87. The van der Waals surface area contributed by atoms with Gasteiger partial charge in [-0.1, -0.05) is 17.7 Å². The van der Waals surface area contributed by atoms with E-state index in [1.165, 1.54) is 7.11 Å². The van der Waals surface area contributed by atoms with Crippen LogP contribution in [0.4, 0.5) is 4.79 Å². The summed E-state index contributed by atoms with van der Waals surface area (Å²) in [6.07, 6.45) is 0. The summed E-state index contributed by atoms with van der Waals surface area (Å²) in [7, 11) is 1.45. The number of ether oxygens (including phenoxy) is 1. The molecule has 0 bridgehead atoms. The number of benzene rings is 1. The zero-order valence-electron chi connectivity index (χ0n) is 9.40. The van der Waals surface area contributed by atoms with Gasteiger partial charge >= 0.3 is 17.8 Å². The van der Waals surface area contributed by atoms with E-state index in [0.29, 0.717) is 16.3 Å². The van der Waals surface area contributed by atoms with Crippen molar-refractivity contribution in [1.82, 2.24) is 10.2 Å². The SMILES string of the molecule is COc1cccc(Cl)c1CN1C(=O)NC(=O)C1=O. The van der Waals surface area contributed by atoms with Gasteiger partial charge in [0, 0.05) is 10.6 Å². The fourth-order valence-electron chi connectivity index (χ4n) is 1.62. The van der Waals surface area contributed by atoms with E-state index in [4.69, 9.17) is 16.3 Å². The first-order chi connectivity index (χ1) is 8.54. The molecule has 0 spiro atoms. The lowest BCUT2D eigenvalue weighted by Crippen LogP contribution is -2.30. The molecule has 1 fully saturated rings. The highest BCUT2D eigenvalue weighted by molar-refractivity contribution is 6.44. The molecule has 1 aliphatic heterocycles. The van der Waals surface area contributed by atoms with Crippen molar-refractivity contribution in [3.63, 3.8) is 0 Å². The molecule has 1 aliphatic rings. The Hall–Kier alpha value is -2.08. The minimum Gasteiger partial charge on any atom is -0.496 e. The Morgan fingerprint density at radius 2 is 2.06 bits per heavy atom. The van der Waals surface area contributed by atoms with Gasteiger partial charge in [-0.15, -0.1) is 0 Å². The van der Waals surface area contributed by atoms with Crippen LogP contribution in [-0.4, -0.2) is 29.9 Å². The number of hydrogen-bond acceptors (Lipinski definition) is 4. The summed E-state index contributed by atoms with van der Waals surface area (Å²) in [5.41, 5.74) is 0.472. The third kappa shape index (κ3) is 2.02. The number of amides is 4. The van der Waals surface area contributed by atoms with Crippen molar-refractivity contribution in [2.45, 2.75) is 6.54 Å². The Morgan fingerprint density at radius 1 is 1.33 bits per heavy atom. The number of carbonyl (C=O) groups excluding carboxylic acids is 3. The van der Waals surface area contributed by atoms with E-state index in [2.05, 4.69) is 0 Å². The summed E-state index contributed by atoms with van der Waals surface area (Å²) < 4.78 is 5.09. The Morgan fingerprint density at radius 3 is 2.61 bits per heavy atom. The number of nitrogens with one attached hydrogen (secondary N) is 1. The smallest absolute Gasteiger partial charge is 0.331 e. The number of methoxy groups -OCH3 is 1. The van der Waals surface area contributed by atoms with Crippen molar-refractivity contribution in [1.29, 1.82) is 0 Å². The molecule has 6 nitrogen and oxygen atoms in total. The van der Waals surface area contributed by atoms with Crippen LogP contribution in [0.3, 0.4) is 0 Å². The van der Waals surface area contributed by atoms with Crippen molar-refractivity contribution >= 4 is 29.4 Å². The molecule has 0 saturated carbocycles. The van der Waals surface area contributed by atoms with Gasteiger partial charge in [-0.05, 0) is 12.1 Å². The van der Waals surface area contributed by atoms with Crippen LogP contribution >= 0.6 is 11.6 Å². The van der Waals surface area contributed by atoms with Crippen LogP contribution in [0.25, 0.3) is 0 Å². The molecule has 18 heavy (non-hydrogen) atoms. The Bertz CT molecular complexity index is 544. The summed E-state index contributed by atoms with van der Waals surface area (Å²) in [6.45, 7) is -0.112. The van der Waals surface area contributed by atoms with E-state index in [9.17, 15) is 14.4 Å². The molecule has 0 radical (unpaired) electrons. The summed E-state index contributed by atoms with van der Waals surface area (Å²) in [6, 6.07) is 4.19. The molecule has 0 aromatic heterocycles. The molecule has 1 N–H and O–H groups in total. The number of nitrogens with zero attached hydrogens (tertiary/aromatic N) is 1. The van der Waals surface area contributed by atoms with Crippen LogP contribution in [0, 0.1) is 0 Å². The maximum Gasteiger partial charge on any atom is 0.331 e. The maximum absolute atomic E-state index is 11.4. The summed E-state index contributed by atoms with van der Waals surface area (Å²) >= 11 is 5.98. The molecule has 1 aromatic carbocycles. The standard InChI is InChI=1S/C11H9ClN2O4/c1-18-8-4-2-3-7(12)6(8)5-14-10(16)9(15)13-11(14)17/h2-4H,5H2,1H3,(H,13,15,17). The highest BCUT2D eigenvalue weighted by Crippen LogP contribution is 2.28. The molecule has 2 rings (SSSR count). The lowest BCUT2D eigenvalue weighted by molar-refractivity contribution is -0.140. The van der Waals surface area contributed by atoms with Gasteiger partial charge in [0.05, 0.1) is 13.7 Å². The van der Waals surface area contributed by atoms with Crippen LogP contribution in [0.1, 0.15) is 5.56 Å². The van der Waals surface area contributed by atoms with Gasteiger partial charge in [0.1, 0.15) is 5.75 Å². The second kappa shape index (κ2) is 4.66. The normalized spacial score (nSPS) is 15.0. The number of halogens is 1. The fraction of sp³-hybridized carbons (Fsp3) is 0.182. The summed E-state index contributed by atoms with van der Waals surface area (Å²) in [5.74, 6) is -1.39. The van der Waals surface area contributed by atoms with E-state index >= 15 is 0 Å². The van der Waals surface area contributed by atoms with Crippen LogP contribution in [0.15, 0.2) is 18.2 Å². The number of hydrogen-bond donors (Lipinski definition) is 1. The molecule has 0 unspecified atom stereocenters. The predicted octanol–water partition coefficient (Wildman–Crippen LogP) is 0.927. The van der Waals surface area contributed by atoms with Gasteiger partial charge in [0.2, 0.25) is 0 Å². The molecular weight excluding hydrogens is 260 g/mol. The first-order valence-electron chi connectivity index (χ1n) is 5.02. The minimum absolute atomic E-state index is 0.112. The largest absolute Gasteiger partial charge is 0.496 e. The molecule has 7 heteroatoms. The quantitative estimate of drug-likeness (QED) is 0.653. The van der Waals surface area contributed by atoms with Crippen molar-refractivity contribution in [2.75, 3.05) is 7.11 Å². The van der Waals surface area contributed by atoms with E-state index in [1.54, 1.807) is 18.2 Å². The predicted molar refractivity (Wildman–Crippen MR) is 62.1 cm³/mol. The lowest BCUT2D eigenvalue weighted by atomic mass is 10.2. The first-order valence-corrected chi connectivity index (χ1v) is 5.40. The third-order valence-electron chi connectivity index (χ3n) is 2.52. The number of carbonyl (C=O) groups is 3. The van der Waals surface area contributed by atoms with E-state index in [-0.39, 0.29) is 6.54 Å². The Kier molecular flexibility index (Phi) is 3.20. The van der Waals surface area contributed by atoms with Gasteiger partial charge in [0.25, 0.3) is 0 Å². The van der Waals surface area contributed by atoms with E-state index < -0.39 is 17.8 Å². The second-order valence-electron chi connectivity index (χ2n) is 3.57. The van der Waals surface area contributed by atoms with Gasteiger partial charge in [-0.2, -0.15) is 0 Å². The van der Waals surface area contributed by atoms with Crippen molar-refractivity contribution in [2.24, 2.45) is 0 Å². The van der Waals surface area contributed by atoms with Gasteiger partial charge < -0.3 is 4.74 Å². The minimum atomic E-state index is -0.939. The zero-order chi connectivity index (χ0) is 13.3. The number of urea groups is 1. The number of rotatable bonds is 3. The van der Waals surface area contributed by atoms with E-state index in [1.807, 2.05) is 5.32 Å². The second-order valence-corrected chi connectivity index (χ2v) is 3.98. The van der Waals surface area contributed by atoms with E-state index in [0.717, 1.165) is 4.90 Å². The topological polar surface area (TPSA) is 75.7 Å². The molecule has 1 saturated heterocycles. The fourth-order valence-corrected chi connectivity index (χ4v) is 1.84. The van der Waals surface area contributed by atoms with Gasteiger partial charge in [0.15, 0.2) is 0 Å². The molecule has 94 valence electrons. The average Bonchev–Trinajstić information content (AvgIpc) is 2.58. The highest BCUT2D eigenvalue weighted by Gasteiger charge is 2.37. The van der Waals surface area contributed by atoms with Gasteiger partial charge in [-0.25, -0.2) is 4.79 Å². The highest BCUT2D eigenvalue weighted by atomic mass is 35.5. The van der Waals surface area contributed by atoms with Crippen LogP contribution in [-0.2, 0) is 16.1 Å². The van der Waals surface area contributed by atoms with Crippen LogP contribution in [0.2, 0.25) is 5.02 Å².